The average molecular weight is 357 g/mol. The van der Waals surface area contributed by atoms with E-state index < -0.39 is 11.9 Å². The lowest BCUT2D eigenvalue weighted by atomic mass is 9.91. The molecule has 3 aliphatic heterocycles. The zero-order chi connectivity index (χ0) is 16.8. The highest BCUT2D eigenvalue weighted by molar-refractivity contribution is 8.00. The standard InChI is InChI=1S/C17H22F3N3S/c18-17(19,20)15-2-1-14(9-21-15)22-6-3-13(4-7-22)23-8-5-16(10-23)11-24-12-16/h1-2,9,13H,3-8,10-12H2. The first kappa shape index (κ1) is 16.5. The van der Waals surface area contributed by atoms with Gasteiger partial charge in [-0.05, 0) is 37.9 Å². The summed E-state index contributed by atoms with van der Waals surface area (Å²) in [5.74, 6) is 2.64. The van der Waals surface area contributed by atoms with E-state index >= 15 is 0 Å². The van der Waals surface area contributed by atoms with Crippen LogP contribution in [0.15, 0.2) is 18.3 Å². The van der Waals surface area contributed by atoms with E-state index in [4.69, 9.17) is 0 Å². The molecule has 0 N–H and O–H groups in total. The van der Waals surface area contributed by atoms with Crippen molar-refractivity contribution in [1.82, 2.24) is 9.88 Å². The van der Waals surface area contributed by atoms with Crippen molar-refractivity contribution in [2.45, 2.75) is 31.5 Å². The summed E-state index contributed by atoms with van der Waals surface area (Å²) in [6, 6.07) is 3.26. The van der Waals surface area contributed by atoms with Gasteiger partial charge >= 0.3 is 6.18 Å². The van der Waals surface area contributed by atoms with Gasteiger partial charge in [0, 0.05) is 42.6 Å². The van der Waals surface area contributed by atoms with Crippen LogP contribution in [0.25, 0.3) is 0 Å². The molecule has 0 atom stereocenters. The van der Waals surface area contributed by atoms with Crippen molar-refractivity contribution in [3.05, 3.63) is 24.0 Å². The van der Waals surface area contributed by atoms with Crippen LogP contribution in [0.3, 0.4) is 0 Å². The molecule has 3 aliphatic rings. The topological polar surface area (TPSA) is 19.4 Å². The highest BCUT2D eigenvalue weighted by atomic mass is 32.2. The van der Waals surface area contributed by atoms with E-state index in [9.17, 15) is 13.2 Å². The number of alkyl halides is 3. The number of thioether (sulfide) groups is 1. The van der Waals surface area contributed by atoms with E-state index in [0.717, 1.165) is 37.7 Å². The van der Waals surface area contributed by atoms with Crippen molar-refractivity contribution in [1.29, 1.82) is 0 Å². The van der Waals surface area contributed by atoms with Gasteiger partial charge in [0.25, 0.3) is 0 Å². The second-order valence-corrected chi connectivity index (χ2v) is 8.32. The van der Waals surface area contributed by atoms with Crippen LogP contribution in [0, 0.1) is 5.41 Å². The Labute approximate surface area is 144 Å². The molecule has 1 aromatic rings. The van der Waals surface area contributed by atoms with Gasteiger partial charge in [-0.2, -0.15) is 24.9 Å². The van der Waals surface area contributed by atoms with E-state index in [1.807, 2.05) is 0 Å². The van der Waals surface area contributed by atoms with Gasteiger partial charge in [-0.3, -0.25) is 4.90 Å². The zero-order valence-corrected chi connectivity index (χ0v) is 14.4. The molecule has 3 fully saturated rings. The maximum Gasteiger partial charge on any atom is 0.433 e. The summed E-state index contributed by atoms with van der Waals surface area (Å²) in [7, 11) is 0. The molecule has 0 aliphatic carbocycles. The Morgan fingerprint density at radius 2 is 1.88 bits per heavy atom. The van der Waals surface area contributed by atoms with Crippen LogP contribution in [0.5, 0.6) is 0 Å². The third kappa shape index (κ3) is 3.12. The Balaban J connectivity index is 1.33. The molecule has 0 radical (unpaired) electrons. The summed E-state index contributed by atoms with van der Waals surface area (Å²) in [4.78, 5) is 8.40. The molecular formula is C17H22F3N3S. The van der Waals surface area contributed by atoms with E-state index in [-0.39, 0.29) is 0 Å². The molecule has 7 heteroatoms. The second kappa shape index (κ2) is 6.09. The Morgan fingerprint density at radius 3 is 2.38 bits per heavy atom. The van der Waals surface area contributed by atoms with Gasteiger partial charge in [0.2, 0.25) is 0 Å². The lowest BCUT2D eigenvalue weighted by Crippen LogP contribution is -2.46. The van der Waals surface area contributed by atoms with Crippen molar-refractivity contribution in [2.24, 2.45) is 5.41 Å². The summed E-state index contributed by atoms with van der Waals surface area (Å²) < 4.78 is 37.8. The Morgan fingerprint density at radius 1 is 1.12 bits per heavy atom. The number of likely N-dealkylation sites (tertiary alicyclic amines) is 1. The van der Waals surface area contributed by atoms with E-state index in [2.05, 4.69) is 26.5 Å². The summed E-state index contributed by atoms with van der Waals surface area (Å²) in [6.07, 6.45) is 0.508. The molecule has 0 saturated carbocycles. The molecular weight excluding hydrogens is 335 g/mol. The minimum atomic E-state index is -4.36. The van der Waals surface area contributed by atoms with Crippen molar-refractivity contribution >= 4 is 17.4 Å². The number of hydrogen-bond donors (Lipinski definition) is 0. The molecule has 0 bridgehead atoms. The van der Waals surface area contributed by atoms with E-state index in [0.29, 0.717) is 11.5 Å². The van der Waals surface area contributed by atoms with Crippen molar-refractivity contribution in [2.75, 3.05) is 42.6 Å². The van der Waals surface area contributed by atoms with Gasteiger partial charge in [-0.1, -0.05) is 0 Å². The van der Waals surface area contributed by atoms with E-state index in [1.54, 1.807) is 6.07 Å². The monoisotopic (exact) mass is 357 g/mol. The number of anilines is 1. The highest BCUT2D eigenvalue weighted by Gasteiger charge is 2.45. The van der Waals surface area contributed by atoms with Crippen molar-refractivity contribution < 1.29 is 13.2 Å². The number of rotatable bonds is 2. The molecule has 0 aromatic carbocycles. The van der Waals surface area contributed by atoms with Crippen LogP contribution in [-0.2, 0) is 6.18 Å². The van der Waals surface area contributed by atoms with Gasteiger partial charge in [0.05, 0.1) is 11.9 Å². The molecule has 1 spiro atoms. The Kier molecular flexibility index (Phi) is 4.19. The van der Waals surface area contributed by atoms with Gasteiger partial charge in [0.15, 0.2) is 0 Å². The minimum absolute atomic E-state index is 0.596. The second-order valence-electron chi connectivity index (χ2n) is 7.33. The highest BCUT2D eigenvalue weighted by Crippen LogP contribution is 2.46. The fraction of sp³-hybridized carbons (Fsp3) is 0.706. The average Bonchev–Trinajstić information content (AvgIpc) is 3.00. The first-order valence-electron chi connectivity index (χ1n) is 8.55. The first-order chi connectivity index (χ1) is 11.5. The van der Waals surface area contributed by atoms with Crippen LogP contribution in [0.1, 0.15) is 25.0 Å². The van der Waals surface area contributed by atoms with Crippen molar-refractivity contribution in [3.63, 3.8) is 0 Å². The van der Waals surface area contributed by atoms with Gasteiger partial charge < -0.3 is 4.90 Å². The molecule has 1 aromatic heterocycles. The van der Waals surface area contributed by atoms with Crippen LogP contribution in [0.4, 0.5) is 18.9 Å². The maximum absolute atomic E-state index is 12.6. The molecule has 3 nitrogen and oxygen atoms in total. The van der Waals surface area contributed by atoms with Gasteiger partial charge in [-0.15, -0.1) is 0 Å². The zero-order valence-electron chi connectivity index (χ0n) is 13.6. The normalized spacial score (nSPS) is 25.2. The smallest absolute Gasteiger partial charge is 0.370 e. The largest absolute Gasteiger partial charge is 0.433 e. The first-order valence-corrected chi connectivity index (χ1v) is 9.71. The number of pyridine rings is 1. The molecule has 4 rings (SSSR count). The fourth-order valence-corrected chi connectivity index (χ4v) is 5.39. The summed E-state index contributed by atoms with van der Waals surface area (Å²) >= 11 is 2.06. The molecule has 4 heterocycles. The number of hydrogen-bond acceptors (Lipinski definition) is 4. The number of piperidine rings is 1. The molecule has 3 saturated heterocycles. The number of aromatic nitrogens is 1. The maximum atomic E-state index is 12.6. The number of halogens is 3. The lowest BCUT2D eigenvalue weighted by molar-refractivity contribution is -0.141. The third-order valence-corrected chi connectivity index (χ3v) is 7.30. The molecule has 0 amide bonds. The van der Waals surface area contributed by atoms with Crippen LogP contribution < -0.4 is 4.90 Å². The minimum Gasteiger partial charge on any atom is -0.370 e. The predicted octanol–water partition coefficient (Wildman–Crippen LogP) is 3.51. The Hall–Kier alpha value is -0.950. The van der Waals surface area contributed by atoms with Gasteiger partial charge in [0.1, 0.15) is 5.69 Å². The molecule has 0 unspecified atom stereocenters. The van der Waals surface area contributed by atoms with E-state index in [1.165, 1.54) is 37.2 Å². The predicted molar refractivity (Wildman–Crippen MR) is 90.4 cm³/mol. The van der Waals surface area contributed by atoms with Crippen molar-refractivity contribution in [3.8, 4) is 0 Å². The fourth-order valence-electron chi connectivity index (χ4n) is 4.14. The number of nitrogens with zero attached hydrogens (tertiary/aromatic N) is 3. The summed E-state index contributed by atoms with van der Waals surface area (Å²) in [6.45, 7) is 4.26. The quantitative estimate of drug-likeness (QED) is 0.806. The molecule has 132 valence electrons. The summed E-state index contributed by atoms with van der Waals surface area (Å²) in [5.41, 5.74) is 0.579. The molecule has 24 heavy (non-hydrogen) atoms. The van der Waals surface area contributed by atoms with Crippen LogP contribution >= 0.6 is 11.8 Å². The lowest BCUT2D eigenvalue weighted by Gasteiger charge is -2.41. The SMILES string of the molecule is FC(F)(F)c1ccc(N2CCC(N3CCC4(CSC4)C3)CC2)cn1. The van der Waals surface area contributed by atoms with Crippen LogP contribution in [-0.4, -0.2) is 53.6 Å². The third-order valence-electron chi connectivity index (χ3n) is 5.67. The Bertz CT molecular complexity index is 578. The van der Waals surface area contributed by atoms with Crippen LogP contribution in [0.2, 0.25) is 0 Å². The van der Waals surface area contributed by atoms with Gasteiger partial charge in [-0.25, -0.2) is 4.98 Å². The summed E-state index contributed by atoms with van der Waals surface area (Å²) in [5, 5.41) is 0.